The molecule has 0 radical (unpaired) electrons. The lowest BCUT2D eigenvalue weighted by Crippen LogP contribution is -2.38. The van der Waals surface area contributed by atoms with Crippen LogP contribution in [0.3, 0.4) is 0 Å². The van der Waals surface area contributed by atoms with Gasteiger partial charge in [-0.2, -0.15) is 0 Å². The number of carbonyl (C=O) groups excluding carboxylic acids is 2. The molecule has 1 fully saturated rings. The van der Waals surface area contributed by atoms with E-state index in [1.54, 1.807) is 30.2 Å². The smallest absolute Gasteiger partial charge is 0.295 e. The van der Waals surface area contributed by atoms with Gasteiger partial charge in [-0.25, -0.2) is 0 Å². The van der Waals surface area contributed by atoms with Crippen LogP contribution in [0.1, 0.15) is 36.6 Å². The van der Waals surface area contributed by atoms with Gasteiger partial charge in [-0.15, -0.1) is 0 Å². The van der Waals surface area contributed by atoms with Gasteiger partial charge in [0, 0.05) is 18.7 Å². The Morgan fingerprint density at radius 3 is 2.29 bits per heavy atom. The minimum atomic E-state index is -0.758. The highest BCUT2D eigenvalue weighted by atomic mass is 16.5. The Labute approximate surface area is 223 Å². The molecule has 7 heteroatoms. The minimum absolute atomic E-state index is 0.0691. The van der Waals surface area contributed by atoms with E-state index in [4.69, 9.17) is 9.47 Å². The third-order valence-corrected chi connectivity index (χ3v) is 6.93. The number of methoxy groups -OCH3 is 1. The molecule has 1 saturated heterocycles. The van der Waals surface area contributed by atoms with Crippen molar-refractivity contribution in [3.05, 3.63) is 95.1 Å². The first-order valence-corrected chi connectivity index (χ1v) is 12.9. The summed E-state index contributed by atoms with van der Waals surface area (Å²) in [6.07, 6.45) is 0. The number of hydrogen-bond donors (Lipinski definition) is 1. The van der Waals surface area contributed by atoms with Gasteiger partial charge in [0.15, 0.2) is 0 Å². The molecule has 3 aromatic carbocycles. The summed E-state index contributed by atoms with van der Waals surface area (Å²) in [5.74, 6) is 0.368. The maximum atomic E-state index is 13.4. The van der Waals surface area contributed by atoms with Gasteiger partial charge in [0.25, 0.3) is 11.7 Å². The lowest BCUT2D eigenvalue weighted by atomic mass is 9.93. The molecule has 0 bridgehead atoms. The van der Waals surface area contributed by atoms with Crippen LogP contribution in [0.2, 0.25) is 0 Å². The van der Waals surface area contributed by atoms with Crippen LogP contribution in [0.5, 0.6) is 17.2 Å². The SMILES string of the molecule is CCN(CC)CCN1C(=O)C(=O)/C(=C(/O)c2ccc(OC)cc2C)[C@H]1c1cccc(Oc2ccccc2)c1. The van der Waals surface area contributed by atoms with Crippen LogP contribution < -0.4 is 9.47 Å². The van der Waals surface area contributed by atoms with E-state index in [1.165, 1.54) is 0 Å². The number of aryl methyl sites for hydroxylation is 1. The molecule has 7 nitrogen and oxygen atoms in total. The molecule has 1 heterocycles. The molecule has 1 atom stereocenters. The van der Waals surface area contributed by atoms with E-state index in [9.17, 15) is 14.7 Å². The quantitative estimate of drug-likeness (QED) is 0.217. The molecule has 198 valence electrons. The summed E-state index contributed by atoms with van der Waals surface area (Å²) in [6, 6.07) is 21.2. The van der Waals surface area contributed by atoms with Crippen LogP contribution in [0.25, 0.3) is 5.76 Å². The zero-order valence-corrected chi connectivity index (χ0v) is 22.3. The number of rotatable bonds is 10. The molecule has 0 aromatic heterocycles. The molecule has 38 heavy (non-hydrogen) atoms. The molecular weight excluding hydrogens is 480 g/mol. The highest BCUT2D eigenvalue weighted by Crippen LogP contribution is 2.41. The van der Waals surface area contributed by atoms with Gasteiger partial charge in [0.1, 0.15) is 23.0 Å². The van der Waals surface area contributed by atoms with E-state index in [2.05, 4.69) is 18.7 Å². The Kier molecular flexibility index (Phi) is 8.48. The number of likely N-dealkylation sites (N-methyl/N-ethyl adjacent to an activating group) is 1. The Balaban J connectivity index is 1.80. The fraction of sp³-hybridized carbons (Fsp3) is 0.290. The van der Waals surface area contributed by atoms with Crippen LogP contribution in [-0.4, -0.2) is 59.9 Å². The number of amides is 1. The van der Waals surface area contributed by atoms with Crippen molar-refractivity contribution in [3.8, 4) is 17.2 Å². The molecule has 1 aliphatic heterocycles. The third kappa shape index (κ3) is 5.58. The summed E-state index contributed by atoms with van der Waals surface area (Å²) in [4.78, 5) is 30.5. The second-order valence-electron chi connectivity index (χ2n) is 9.19. The number of Topliss-reactive ketones (excluding diaryl/α,β-unsaturated/α-hetero) is 1. The summed E-state index contributed by atoms with van der Waals surface area (Å²) in [7, 11) is 1.57. The normalized spacial score (nSPS) is 16.8. The van der Waals surface area contributed by atoms with Gasteiger partial charge in [-0.05, 0) is 73.6 Å². The van der Waals surface area contributed by atoms with Crippen molar-refractivity contribution in [2.24, 2.45) is 0 Å². The van der Waals surface area contributed by atoms with Crippen LogP contribution in [0.4, 0.5) is 0 Å². The zero-order valence-electron chi connectivity index (χ0n) is 22.3. The summed E-state index contributed by atoms with van der Waals surface area (Å²) in [6.45, 7) is 8.57. The molecule has 1 amide bonds. The van der Waals surface area contributed by atoms with E-state index >= 15 is 0 Å². The molecule has 1 N–H and O–H groups in total. The van der Waals surface area contributed by atoms with Crippen molar-refractivity contribution in [1.29, 1.82) is 0 Å². The first kappa shape index (κ1) is 26.9. The van der Waals surface area contributed by atoms with Crippen LogP contribution in [0.15, 0.2) is 78.4 Å². The average molecular weight is 515 g/mol. The monoisotopic (exact) mass is 514 g/mol. The van der Waals surface area contributed by atoms with Crippen molar-refractivity contribution in [1.82, 2.24) is 9.80 Å². The summed E-state index contributed by atoms with van der Waals surface area (Å²) in [5, 5.41) is 11.5. The third-order valence-electron chi connectivity index (χ3n) is 6.93. The molecule has 0 spiro atoms. The molecule has 0 unspecified atom stereocenters. The Bertz CT molecular complexity index is 1330. The molecule has 1 aliphatic rings. The number of ketones is 1. The summed E-state index contributed by atoms with van der Waals surface area (Å²) in [5.41, 5.74) is 1.97. The first-order chi connectivity index (χ1) is 18.4. The van der Waals surface area contributed by atoms with Gasteiger partial charge in [0.05, 0.1) is 18.7 Å². The molecule has 3 aromatic rings. The van der Waals surface area contributed by atoms with Crippen molar-refractivity contribution in [2.45, 2.75) is 26.8 Å². The van der Waals surface area contributed by atoms with Crippen LogP contribution in [0, 0.1) is 6.92 Å². The molecule has 4 rings (SSSR count). The number of likely N-dealkylation sites (tertiary alicyclic amines) is 1. The first-order valence-electron chi connectivity index (χ1n) is 12.9. The van der Waals surface area contributed by atoms with Gasteiger partial charge >= 0.3 is 0 Å². The van der Waals surface area contributed by atoms with Crippen molar-refractivity contribution < 1.29 is 24.2 Å². The van der Waals surface area contributed by atoms with Gasteiger partial charge in [0.2, 0.25) is 0 Å². The Morgan fingerprint density at radius 2 is 1.63 bits per heavy atom. The lowest BCUT2D eigenvalue weighted by molar-refractivity contribution is -0.140. The number of hydrogen-bond acceptors (Lipinski definition) is 6. The van der Waals surface area contributed by atoms with Crippen LogP contribution in [-0.2, 0) is 9.59 Å². The largest absolute Gasteiger partial charge is 0.507 e. The lowest BCUT2D eigenvalue weighted by Gasteiger charge is -2.28. The van der Waals surface area contributed by atoms with E-state index in [-0.39, 0.29) is 11.3 Å². The van der Waals surface area contributed by atoms with Gasteiger partial charge < -0.3 is 24.4 Å². The van der Waals surface area contributed by atoms with Gasteiger partial charge in [-0.1, -0.05) is 44.2 Å². The summed E-state index contributed by atoms with van der Waals surface area (Å²) < 4.78 is 11.3. The highest BCUT2D eigenvalue weighted by Gasteiger charge is 2.46. The second-order valence-corrected chi connectivity index (χ2v) is 9.19. The number of benzene rings is 3. The van der Waals surface area contributed by atoms with Crippen molar-refractivity contribution in [2.75, 3.05) is 33.3 Å². The van der Waals surface area contributed by atoms with Crippen LogP contribution >= 0.6 is 0 Å². The topological polar surface area (TPSA) is 79.3 Å². The number of carbonyl (C=O) groups is 2. The predicted octanol–water partition coefficient (Wildman–Crippen LogP) is 5.56. The molecular formula is C31H34N2O5. The van der Waals surface area contributed by atoms with E-state index in [0.717, 1.165) is 18.7 Å². The van der Waals surface area contributed by atoms with Crippen molar-refractivity contribution >= 4 is 17.4 Å². The number of aliphatic hydroxyl groups is 1. The fourth-order valence-corrected chi connectivity index (χ4v) is 4.79. The molecule has 0 saturated carbocycles. The standard InChI is InChI=1S/C31H34N2O5/c1-5-32(6-2)17-18-33-28(22-11-10-14-25(20-22)38-23-12-8-7-9-13-23)27(30(35)31(33)36)29(34)26-16-15-24(37-4)19-21(26)3/h7-16,19-20,28,34H,5-6,17-18H2,1-4H3/b29-27+/t28-/m1/s1. The maximum Gasteiger partial charge on any atom is 0.295 e. The number of nitrogens with zero attached hydrogens (tertiary/aromatic N) is 2. The Hall–Kier alpha value is -4.10. The number of aliphatic hydroxyl groups excluding tert-OH is 1. The predicted molar refractivity (Wildman–Crippen MR) is 147 cm³/mol. The number of ether oxygens (including phenoxy) is 2. The minimum Gasteiger partial charge on any atom is -0.507 e. The number of para-hydroxylation sites is 1. The zero-order chi connectivity index (χ0) is 27.2. The molecule has 0 aliphatic carbocycles. The highest BCUT2D eigenvalue weighted by molar-refractivity contribution is 6.46. The Morgan fingerprint density at radius 1 is 0.921 bits per heavy atom. The summed E-state index contributed by atoms with van der Waals surface area (Å²) >= 11 is 0. The second kappa shape index (κ2) is 12.0. The van der Waals surface area contributed by atoms with Gasteiger partial charge in [-0.3, -0.25) is 9.59 Å². The van der Waals surface area contributed by atoms with E-state index in [1.807, 2.05) is 61.5 Å². The maximum absolute atomic E-state index is 13.4. The van der Waals surface area contributed by atoms with Crippen molar-refractivity contribution in [3.63, 3.8) is 0 Å². The van der Waals surface area contributed by atoms with E-state index in [0.29, 0.717) is 41.5 Å². The van der Waals surface area contributed by atoms with E-state index < -0.39 is 17.7 Å². The fourth-order valence-electron chi connectivity index (χ4n) is 4.79. The average Bonchev–Trinajstić information content (AvgIpc) is 3.19.